The molecule has 1 atom stereocenters. The van der Waals surface area contributed by atoms with Crippen LogP contribution < -0.4 is 0 Å². The molecule has 0 saturated heterocycles. The minimum Gasteiger partial charge on any atom is -0.505 e. The molecule has 7 heteroatoms. The van der Waals surface area contributed by atoms with Crippen molar-refractivity contribution >= 4 is 34.4 Å². The van der Waals surface area contributed by atoms with Crippen LogP contribution >= 0.6 is 11.6 Å². The van der Waals surface area contributed by atoms with E-state index in [9.17, 15) is 24.2 Å². The van der Waals surface area contributed by atoms with Gasteiger partial charge in [0.15, 0.2) is 11.6 Å². The van der Waals surface area contributed by atoms with E-state index in [1.807, 2.05) is 0 Å². The number of phenolic OH excluding ortho intramolecular Hbond substituents is 1. The Kier molecular flexibility index (Phi) is 5.17. The molecule has 28 heavy (non-hydrogen) atoms. The van der Waals surface area contributed by atoms with Gasteiger partial charge < -0.3 is 10.2 Å². The fourth-order valence-corrected chi connectivity index (χ4v) is 3.79. The number of fused-ring (bicyclic) bond motifs is 1. The van der Waals surface area contributed by atoms with Crippen LogP contribution in [0.2, 0.25) is 5.02 Å². The summed E-state index contributed by atoms with van der Waals surface area (Å²) in [6.07, 6.45) is 0. The smallest absolute Gasteiger partial charge is 0.311 e. The molecule has 0 bridgehead atoms. The molecule has 1 aromatic heterocycles. The summed E-state index contributed by atoms with van der Waals surface area (Å²) in [5.74, 6) is -4.24. The number of aromatic hydroxyl groups is 1. The van der Waals surface area contributed by atoms with E-state index in [1.165, 1.54) is 16.7 Å². The highest BCUT2D eigenvalue weighted by atomic mass is 35.5. The predicted octanol–water partition coefficient (Wildman–Crippen LogP) is 4.96. The fraction of sp³-hybridized carbons (Fsp3) is 0.238. The molecule has 3 aromatic rings. The Labute approximate surface area is 166 Å². The molecule has 146 valence electrons. The lowest BCUT2D eigenvalue weighted by Crippen LogP contribution is -2.19. The summed E-state index contributed by atoms with van der Waals surface area (Å²) in [6.45, 7) is 5.12. The molecular weight excluding hydrogens is 385 g/mol. The van der Waals surface area contributed by atoms with Gasteiger partial charge >= 0.3 is 5.97 Å². The van der Waals surface area contributed by atoms with Gasteiger partial charge in [-0.3, -0.25) is 14.2 Å². The number of rotatable bonds is 4. The Bertz CT molecular complexity index is 1100. The zero-order valence-electron chi connectivity index (χ0n) is 15.5. The first-order valence-electron chi connectivity index (χ1n) is 8.70. The van der Waals surface area contributed by atoms with E-state index in [-0.39, 0.29) is 17.0 Å². The standard InChI is InChI=1S/C21H19ClFNO4/c1-10(2)18(21(27)28)19-11(3)24(16-9-15(23)17(25)8-14(16)19)20(26)12-5-4-6-13(22)7-12/h4-10,18,25H,1-3H3,(H,27,28). The van der Waals surface area contributed by atoms with E-state index >= 15 is 0 Å². The summed E-state index contributed by atoms with van der Waals surface area (Å²) < 4.78 is 15.4. The Balaban J connectivity index is 2.38. The number of aliphatic carboxylic acids is 1. The molecule has 3 rings (SSSR count). The second kappa shape index (κ2) is 7.28. The van der Waals surface area contributed by atoms with Gasteiger partial charge in [-0.2, -0.15) is 0 Å². The molecule has 0 spiro atoms. The van der Waals surface area contributed by atoms with Crippen molar-refractivity contribution in [2.24, 2.45) is 5.92 Å². The third kappa shape index (κ3) is 3.24. The van der Waals surface area contributed by atoms with Gasteiger partial charge in [0.2, 0.25) is 0 Å². The molecule has 1 heterocycles. The van der Waals surface area contributed by atoms with Crippen molar-refractivity contribution in [2.45, 2.75) is 26.7 Å². The number of carboxylic acid groups (broad SMARTS) is 1. The van der Waals surface area contributed by atoms with Crippen LogP contribution in [-0.2, 0) is 4.79 Å². The molecule has 0 aliphatic heterocycles. The van der Waals surface area contributed by atoms with Crippen molar-refractivity contribution in [1.29, 1.82) is 0 Å². The van der Waals surface area contributed by atoms with Crippen LogP contribution in [0.3, 0.4) is 0 Å². The number of halogens is 2. The average Bonchev–Trinajstić information content (AvgIpc) is 2.86. The van der Waals surface area contributed by atoms with Gasteiger partial charge in [-0.25, -0.2) is 4.39 Å². The van der Waals surface area contributed by atoms with Crippen LogP contribution in [-0.4, -0.2) is 26.7 Å². The van der Waals surface area contributed by atoms with Crippen molar-refractivity contribution in [3.8, 4) is 5.75 Å². The van der Waals surface area contributed by atoms with Gasteiger partial charge in [-0.1, -0.05) is 31.5 Å². The predicted molar refractivity (Wildman–Crippen MR) is 105 cm³/mol. The number of hydrogen-bond acceptors (Lipinski definition) is 3. The quantitative estimate of drug-likeness (QED) is 0.645. The molecule has 0 radical (unpaired) electrons. The SMILES string of the molecule is Cc1c(C(C(=O)O)C(C)C)c2cc(O)c(F)cc2n1C(=O)c1cccc(Cl)c1. The highest BCUT2D eigenvalue weighted by Gasteiger charge is 2.32. The second-order valence-electron chi connectivity index (χ2n) is 7.03. The molecule has 0 aliphatic carbocycles. The van der Waals surface area contributed by atoms with Gasteiger partial charge in [-0.05, 0) is 42.7 Å². The van der Waals surface area contributed by atoms with Crippen molar-refractivity contribution in [3.05, 3.63) is 64.1 Å². The molecule has 0 aliphatic rings. The summed E-state index contributed by atoms with van der Waals surface area (Å²) in [5, 5.41) is 20.3. The third-order valence-electron chi connectivity index (χ3n) is 4.84. The van der Waals surface area contributed by atoms with E-state index in [1.54, 1.807) is 39.0 Å². The van der Waals surface area contributed by atoms with Crippen LogP contribution in [0.1, 0.15) is 41.4 Å². The van der Waals surface area contributed by atoms with Gasteiger partial charge in [0.25, 0.3) is 5.91 Å². The van der Waals surface area contributed by atoms with Crippen LogP contribution in [0, 0.1) is 18.7 Å². The van der Waals surface area contributed by atoms with Crippen molar-refractivity contribution in [3.63, 3.8) is 0 Å². The van der Waals surface area contributed by atoms with Crippen LogP contribution in [0.5, 0.6) is 5.75 Å². The number of phenols is 1. The van der Waals surface area contributed by atoms with Gasteiger partial charge in [0.1, 0.15) is 0 Å². The van der Waals surface area contributed by atoms with E-state index in [2.05, 4.69) is 0 Å². The number of aromatic nitrogens is 1. The number of nitrogens with zero attached hydrogens (tertiary/aromatic N) is 1. The van der Waals surface area contributed by atoms with Crippen molar-refractivity contribution < 1.29 is 24.2 Å². The van der Waals surface area contributed by atoms with Crippen LogP contribution in [0.15, 0.2) is 36.4 Å². The lowest BCUT2D eigenvalue weighted by Gasteiger charge is -2.17. The van der Waals surface area contributed by atoms with Crippen molar-refractivity contribution in [1.82, 2.24) is 4.57 Å². The number of carbonyl (C=O) groups excluding carboxylic acids is 1. The average molecular weight is 404 g/mol. The molecule has 0 saturated carbocycles. The number of carbonyl (C=O) groups is 2. The monoisotopic (exact) mass is 403 g/mol. The normalized spacial score (nSPS) is 12.5. The maximum Gasteiger partial charge on any atom is 0.311 e. The summed E-state index contributed by atoms with van der Waals surface area (Å²) in [7, 11) is 0. The van der Waals surface area contributed by atoms with Gasteiger partial charge in [0, 0.05) is 27.7 Å². The number of benzene rings is 2. The molecule has 2 N–H and O–H groups in total. The fourth-order valence-electron chi connectivity index (χ4n) is 3.59. The summed E-state index contributed by atoms with van der Waals surface area (Å²) in [6, 6.07) is 8.53. The van der Waals surface area contributed by atoms with Crippen LogP contribution in [0.4, 0.5) is 4.39 Å². The van der Waals surface area contributed by atoms with E-state index in [4.69, 9.17) is 11.6 Å². The topological polar surface area (TPSA) is 79.5 Å². The lowest BCUT2D eigenvalue weighted by atomic mass is 9.86. The van der Waals surface area contributed by atoms with E-state index < -0.39 is 29.4 Å². The number of hydrogen-bond donors (Lipinski definition) is 2. The minimum atomic E-state index is -1.06. The zero-order valence-corrected chi connectivity index (χ0v) is 16.3. The largest absolute Gasteiger partial charge is 0.505 e. The lowest BCUT2D eigenvalue weighted by molar-refractivity contribution is -0.139. The zero-order chi connectivity index (χ0) is 20.7. The number of carboxylic acids is 1. The molecule has 1 unspecified atom stereocenters. The first-order chi connectivity index (χ1) is 13.1. The molecule has 2 aromatic carbocycles. The molecule has 5 nitrogen and oxygen atoms in total. The Morgan fingerprint density at radius 2 is 1.86 bits per heavy atom. The van der Waals surface area contributed by atoms with Crippen LogP contribution in [0.25, 0.3) is 10.9 Å². The second-order valence-corrected chi connectivity index (χ2v) is 7.47. The van der Waals surface area contributed by atoms with E-state index in [0.717, 1.165) is 6.07 Å². The summed E-state index contributed by atoms with van der Waals surface area (Å²) in [5.41, 5.74) is 1.23. The first-order valence-corrected chi connectivity index (χ1v) is 9.07. The highest BCUT2D eigenvalue weighted by Crippen LogP contribution is 2.38. The summed E-state index contributed by atoms with van der Waals surface area (Å²) in [4.78, 5) is 25.1. The molecule has 0 fully saturated rings. The molecular formula is C21H19ClFNO4. The minimum absolute atomic E-state index is 0.194. The highest BCUT2D eigenvalue weighted by molar-refractivity contribution is 6.31. The Hall–Kier alpha value is -2.86. The maximum absolute atomic E-state index is 14.1. The van der Waals surface area contributed by atoms with Crippen molar-refractivity contribution in [2.75, 3.05) is 0 Å². The first kappa shape index (κ1) is 19.9. The maximum atomic E-state index is 14.1. The molecule has 0 amide bonds. The van der Waals surface area contributed by atoms with E-state index in [0.29, 0.717) is 21.7 Å². The van der Waals surface area contributed by atoms with Gasteiger partial charge in [-0.15, -0.1) is 0 Å². The summed E-state index contributed by atoms with van der Waals surface area (Å²) >= 11 is 5.99. The Morgan fingerprint density at radius 1 is 1.18 bits per heavy atom. The Morgan fingerprint density at radius 3 is 2.43 bits per heavy atom. The third-order valence-corrected chi connectivity index (χ3v) is 5.07. The van der Waals surface area contributed by atoms with Gasteiger partial charge in [0.05, 0.1) is 11.4 Å².